The SMILES string of the molecule is O=C(C(=O)c1cccc(Cc2ccco2)c1)c1ccc(OC(F)F)cc1. The van der Waals surface area contributed by atoms with Crippen LogP contribution in [0.1, 0.15) is 32.0 Å². The summed E-state index contributed by atoms with van der Waals surface area (Å²) in [5.41, 5.74) is 1.19. The lowest BCUT2D eigenvalue weighted by Crippen LogP contribution is -2.14. The molecule has 3 aromatic rings. The number of hydrogen-bond donors (Lipinski definition) is 0. The summed E-state index contributed by atoms with van der Waals surface area (Å²) < 4.78 is 33.8. The number of furan rings is 1. The van der Waals surface area contributed by atoms with Gasteiger partial charge in [0.25, 0.3) is 0 Å². The van der Waals surface area contributed by atoms with Gasteiger partial charge in [-0.3, -0.25) is 9.59 Å². The Hall–Kier alpha value is -3.28. The second kappa shape index (κ2) is 7.74. The van der Waals surface area contributed by atoms with Gasteiger partial charge in [-0.15, -0.1) is 0 Å². The summed E-state index contributed by atoms with van der Waals surface area (Å²) in [6.45, 7) is -2.95. The van der Waals surface area contributed by atoms with Crippen LogP contribution >= 0.6 is 0 Å². The second-order valence-corrected chi connectivity index (χ2v) is 5.52. The van der Waals surface area contributed by atoms with Crippen LogP contribution in [0.4, 0.5) is 8.78 Å². The molecule has 3 rings (SSSR count). The van der Waals surface area contributed by atoms with Gasteiger partial charge in [-0.05, 0) is 48.0 Å². The number of hydrogen-bond acceptors (Lipinski definition) is 4. The molecule has 0 atom stereocenters. The molecule has 0 saturated heterocycles. The maximum absolute atomic E-state index is 12.4. The van der Waals surface area contributed by atoms with E-state index < -0.39 is 18.2 Å². The Labute approximate surface area is 148 Å². The Bertz CT molecular complexity index is 900. The van der Waals surface area contributed by atoms with Gasteiger partial charge in [-0.1, -0.05) is 18.2 Å². The lowest BCUT2D eigenvalue weighted by molar-refractivity contribution is -0.0498. The first-order valence-electron chi connectivity index (χ1n) is 7.78. The standard InChI is InChI=1S/C20H14F2O4/c21-20(22)26-16-8-6-14(7-9-16)18(23)19(24)15-4-1-3-13(11-15)12-17-5-2-10-25-17/h1-11,20H,12H2. The van der Waals surface area contributed by atoms with Gasteiger partial charge in [-0.2, -0.15) is 8.78 Å². The number of alkyl halides is 2. The third-order valence-corrected chi connectivity index (χ3v) is 3.70. The van der Waals surface area contributed by atoms with E-state index in [0.29, 0.717) is 6.42 Å². The van der Waals surface area contributed by atoms with Crippen LogP contribution in [-0.2, 0) is 6.42 Å². The van der Waals surface area contributed by atoms with Crippen molar-refractivity contribution in [3.05, 3.63) is 89.4 Å². The Kier molecular flexibility index (Phi) is 5.22. The highest BCUT2D eigenvalue weighted by Crippen LogP contribution is 2.18. The molecule has 0 saturated carbocycles. The third kappa shape index (κ3) is 4.22. The first-order valence-corrected chi connectivity index (χ1v) is 7.78. The quantitative estimate of drug-likeness (QED) is 0.461. The minimum absolute atomic E-state index is 0.0792. The van der Waals surface area contributed by atoms with Gasteiger partial charge >= 0.3 is 6.61 Å². The molecular weight excluding hydrogens is 342 g/mol. The summed E-state index contributed by atoms with van der Waals surface area (Å²) in [7, 11) is 0. The van der Waals surface area contributed by atoms with E-state index >= 15 is 0 Å². The van der Waals surface area contributed by atoms with Crippen LogP contribution in [0.2, 0.25) is 0 Å². The van der Waals surface area contributed by atoms with E-state index in [-0.39, 0.29) is 16.9 Å². The number of benzene rings is 2. The maximum Gasteiger partial charge on any atom is 0.387 e. The van der Waals surface area contributed by atoms with Crippen molar-refractivity contribution in [2.45, 2.75) is 13.0 Å². The summed E-state index contributed by atoms with van der Waals surface area (Å²) in [6, 6.07) is 15.3. The fourth-order valence-corrected chi connectivity index (χ4v) is 2.49. The maximum atomic E-state index is 12.4. The molecule has 0 unspecified atom stereocenters. The summed E-state index contributed by atoms with van der Waals surface area (Å²) in [5.74, 6) is -0.724. The van der Waals surface area contributed by atoms with E-state index in [4.69, 9.17) is 4.42 Å². The van der Waals surface area contributed by atoms with Gasteiger partial charge in [0.15, 0.2) is 0 Å². The summed E-state index contributed by atoms with van der Waals surface area (Å²) in [5, 5.41) is 0. The molecule has 0 N–H and O–H groups in total. The summed E-state index contributed by atoms with van der Waals surface area (Å²) >= 11 is 0. The minimum Gasteiger partial charge on any atom is -0.469 e. The summed E-state index contributed by atoms with van der Waals surface area (Å²) in [4.78, 5) is 24.8. The van der Waals surface area contributed by atoms with Crippen molar-refractivity contribution in [2.75, 3.05) is 0 Å². The second-order valence-electron chi connectivity index (χ2n) is 5.52. The molecule has 0 aliphatic carbocycles. The van der Waals surface area contributed by atoms with Crippen LogP contribution in [0.3, 0.4) is 0 Å². The van der Waals surface area contributed by atoms with Crippen LogP contribution in [0.15, 0.2) is 71.3 Å². The van der Waals surface area contributed by atoms with Gasteiger partial charge < -0.3 is 9.15 Å². The topological polar surface area (TPSA) is 56.5 Å². The molecule has 1 heterocycles. The molecule has 0 radical (unpaired) electrons. The van der Waals surface area contributed by atoms with Crippen molar-refractivity contribution in [3.63, 3.8) is 0 Å². The van der Waals surface area contributed by atoms with Crippen molar-refractivity contribution < 1.29 is 27.5 Å². The van der Waals surface area contributed by atoms with E-state index in [1.165, 1.54) is 24.3 Å². The molecule has 26 heavy (non-hydrogen) atoms. The van der Waals surface area contributed by atoms with Gasteiger partial charge in [0.05, 0.1) is 6.26 Å². The van der Waals surface area contributed by atoms with Crippen molar-refractivity contribution in [1.29, 1.82) is 0 Å². The van der Waals surface area contributed by atoms with Gasteiger partial charge in [0.1, 0.15) is 11.5 Å². The highest BCUT2D eigenvalue weighted by atomic mass is 19.3. The van der Waals surface area contributed by atoms with E-state index in [9.17, 15) is 18.4 Å². The molecule has 0 bridgehead atoms. The Morgan fingerprint density at radius 3 is 2.31 bits per heavy atom. The molecule has 1 aromatic heterocycles. The number of ether oxygens (including phenoxy) is 1. The predicted molar refractivity (Wildman–Crippen MR) is 89.7 cm³/mol. The van der Waals surface area contributed by atoms with Crippen molar-refractivity contribution in [2.24, 2.45) is 0 Å². The minimum atomic E-state index is -2.95. The van der Waals surface area contributed by atoms with Gasteiger partial charge in [0, 0.05) is 17.5 Å². The molecular formula is C20H14F2O4. The van der Waals surface area contributed by atoms with E-state index in [2.05, 4.69) is 4.74 Å². The van der Waals surface area contributed by atoms with Gasteiger partial charge in [-0.25, -0.2) is 0 Å². The zero-order valence-corrected chi connectivity index (χ0v) is 13.5. The van der Waals surface area contributed by atoms with Crippen LogP contribution < -0.4 is 4.74 Å². The Balaban J connectivity index is 1.75. The number of carbonyl (C=O) groups is 2. The van der Waals surface area contributed by atoms with Crippen molar-refractivity contribution in [3.8, 4) is 5.75 Å². The number of halogens is 2. The normalized spacial score (nSPS) is 10.7. The zero-order valence-electron chi connectivity index (χ0n) is 13.5. The zero-order chi connectivity index (χ0) is 18.5. The first kappa shape index (κ1) is 17.5. The number of rotatable bonds is 7. The Morgan fingerprint density at radius 1 is 0.923 bits per heavy atom. The van der Waals surface area contributed by atoms with Crippen LogP contribution in [0.5, 0.6) is 5.75 Å². The molecule has 132 valence electrons. The smallest absolute Gasteiger partial charge is 0.387 e. The van der Waals surface area contributed by atoms with E-state index in [0.717, 1.165) is 11.3 Å². The first-order chi connectivity index (χ1) is 12.5. The number of ketones is 2. The monoisotopic (exact) mass is 356 g/mol. The molecule has 2 aromatic carbocycles. The van der Waals surface area contributed by atoms with Crippen molar-refractivity contribution >= 4 is 11.6 Å². The van der Waals surface area contributed by atoms with Crippen molar-refractivity contribution in [1.82, 2.24) is 0 Å². The molecule has 0 aliphatic rings. The Morgan fingerprint density at radius 2 is 1.65 bits per heavy atom. The number of Topliss-reactive ketones (excluding diaryl/α,β-unsaturated/α-hetero) is 2. The largest absolute Gasteiger partial charge is 0.469 e. The lowest BCUT2D eigenvalue weighted by Gasteiger charge is -2.06. The highest BCUT2D eigenvalue weighted by Gasteiger charge is 2.19. The fraction of sp³-hybridized carbons (Fsp3) is 0.100. The fourth-order valence-electron chi connectivity index (χ4n) is 2.49. The predicted octanol–water partition coefficient (Wildman–Crippen LogP) is 4.54. The van der Waals surface area contributed by atoms with Crippen LogP contribution in [0, 0.1) is 0 Å². The van der Waals surface area contributed by atoms with Crippen LogP contribution in [-0.4, -0.2) is 18.2 Å². The molecule has 0 aliphatic heterocycles. The van der Waals surface area contributed by atoms with E-state index in [1.54, 1.807) is 30.5 Å². The van der Waals surface area contributed by atoms with Crippen LogP contribution in [0.25, 0.3) is 0 Å². The molecule has 4 nitrogen and oxygen atoms in total. The third-order valence-electron chi connectivity index (χ3n) is 3.70. The number of carbonyl (C=O) groups excluding carboxylic acids is 2. The molecule has 0 spiro atoms. The lowest BCUT2D eigenvalue weighted by atomic mass is 9.99. The van der Waals surface area contributed by atoms with E-state index in [1.807, 2.05) is 12.1 Å². The summed E-state index contributed by atoms with van der Waals surface area (Å²) in [6.07, 6.45) is 2.07. The van der Waals surface area contributed by atoms with Gasteiger partial charge in [0.2, 0.25) is 11.6 Å². The average molecular weight is 356 g/mol. The average Bonchev–Trinajstić information content (AvgIpc) is 3.14. The molecule has 0 fully saturated rings. The molecule has 6 heteroatoms. The molecule has 0 amide bonds. The highest BCUT2D eigenvalue weighted by molar-refractivity contribution is 6.49.